The zero-order valence-corrected chi connectivity index (χ0v) is 22.0. The Bertz CT molecular complexity index is 1980. The molecule has 0 bridgehead atoms. The van der Waals surface area contributed by atoms with E-state index in [1.165, 1.54) is 7.11 Å². The third-order valence-corrected chi connectivity index (χ3v) is 7.97. The SMILES string of the molecule is COC(=O)c1sc2cc(NC(=O)c3cnn4c(C(F)(F)F)cc(-c5cccc6ccccc56)nc34)ccc2c1Cl. The highest BCUT2D eigenvalue weighted by atomic mass is 35.5. The Morgan fingerprint density at radius 3 is 2.58 bits per heavy atom. The Morgan fingerprint density at radius 2 is 1.80 bits per heavy atom. The number of esters is 1. The number of alkyl halides is 3. The highest BCUT2D eigenvalue weighted by molar-refractivity contribution is 7.21. The smallest absolute Gasteiger partial charge is 0.433 e. The minimum absolute atomic E-state index is 0.0520. The highest BCUT2D eigenvalue weighted by Gasteiger charge is 2.36. The maximum absolute atomic E-state index is 14.1. The van der Waals surface area contributed by atoms with Gasteiger partial charge in [-0.2, -0.15) is 18.3 Å². The van der Waals surface area contributed by atoms with Crippen LogP contribution < -0.4 is 5.32 Å². The van der Waals surface area contributed by atoms with E-state index in [-0.39, 0.29) is 26.8 Å². The molecule has 0 spiro atoms. The molecule has 7 nitrogen and oxygen atoms in total. The van der Waals surface area contributed by atoms with Gasteiger partial charge in [-0.25, -0.2) is 14.3 Å². The van der Waals surface area contributed by atoms with E-state index in [0.717, 1.165) is 34.4 Å². The van der Waals surface area contributed by atoms with Crippen molar-refractivity contribution in [3.8, 4) is 11.3 Å². The number of anilines is 1. The number of rotatable bonds is 4. The number of hydrogen-bond acceptors (Lipinski definition) is 6. The molecular formula is C28H16ClF3N4O3S. The van der Waals surface area contributed by atoms with Crippen LogP contribution in [0.3, 0.4) is 0 Å². The van der Waals surface area contributed by atoms with Crippen LogP contribution in [0.15, 0.2) is 72.9 Å². The molecule has 0 aliphatic carbocycles. The topological polar surface area (TPSA) is 85.6 Å². The first-order valence-electron chi connectivity index (χ1n) is 11.7. The first-order chi connectivity index (χ1) is 19.2. The average molecular weight is 581 g/mol. The summed E-state index contributed by atoms with van der Waals surface area (Å²) in [7, 11) is 1.24. The van der Waals surface area contributed by atoms with Crippen LogP contribution in [0.2, 0.25) is 5.02 Å². The van der Waals surface area contributed by atoms with Crippen molar-refractivity contribution in [3.05, 3.63) is 94.1 Å². The minimum Gasteiger partial charge on any atom is -0.465 e. The average Bonchev–Trinajstić information content (AvgIpc) is 3.52. The number of ether oxygens (including phenoxy) is 1. The molecule has 0 aliphatic heterocycles. The second-order valence-electron chi connectivity index (χ2n) is 8.75. The van der Waals surface area contributed by atoms with Crippen LogP contribution in [0.5, 0.6) is 0 Å². The fourth-order valence-electron chi connectivity index (χ4n) is 4.48. The molecule has 0 radical (unpaired) electrons. The van der Waals surface area contributed by atoms with Gasteiger partial charge in [0.05, 0.1) is 24.0 Å². The van der Waals surface area contributed by atoms with E-state index in [4.69, 9.17) is 16.3 Å². The van der Waals surface area contributed by atoms with E-state index in [0.29, 0.717) is 25.9 Å². The number of halogens is 4. The Labute approximate surface area is 232 Å². The molecular weight excluding hydrogens is 565 g/mol. The number of nitrogens with zero attached hydrogens (tertiary/aromatic N) is 3. The number of aromatic nitrogens is 3. The molecule has 200 valence electrons. The van der Waals surface area contributed by atoms with Crippen molar-refractivity contribution in [2.75, 3.05) is 12.4 Å². The van der Waals surface area contributed by atoms with Gasteiger partial charge in [-0.05, 0) is 35.0 Å². The summed E-state index contributed by atoms with van der Waals surface area (Å²) in [6, 6.07) is 18.3. The maximum atomic E-state index is 14.1. The highest BCUT2D eigenvalue weighted by Crippen LogP contribution is 2.38. The molecule has 3 aromatic carbocycles. The maximum Gasteiger partial charge on any atom is 0.433 e. The summed E-state index contributed by atoms with van der Waals surface area (Å²) in [6.07, 6.45) is -3.71. The molecule has 0 saturated heterocycles. The number of methoxy groups -OCH3 is 1. The summed E-state index contributed by atoms with van der Waals surface area (Å²) in [5, 5.41) is 8.91. The van der Waals surface area contributed by atoms with Crippen LogP contribution in [-0.2, 0) is 10.9 Å². The molecule has 0 fully saturated rings. The monoisotopic (exact) mass is 580 g/mol. The second kappa shape index (κ2) is 9.61. The van der Waals surface area contributed by atoms with Gasteiger partial charge in [-0.1, -0.05) is 54.1 Å². The number of thiophene rings is 1. The molecule has 0 saturated carbocycles. The fraction of sp³-hybridized carbons (Fsp3) is 0.0714. The first kappa shape index (κ1) is 25.8. The van der Waals surface area contributed by atoms with Gasteiger partial charge in [0.1, 0.15) is 10.4 Å². The van der Waals surface area contributed by atoms with Crippen molar-refractivity contribution >= 4 is 67.0 Å². The number of amides is 1. The lowest BCUT2D eigenvalue weighted by Crippen LogP contribution is -2.15. The normalized spacial score (nSPS) is 11.8. The van der Waals surface area contributed by atoms with E-state index < -0.39 is 23.7 Å². The fourth-order valence-corrected chi connectivity index (χ4v) is 5.94. The Morgan fingerprint density at radius 1 is 1.02 bits per heavy atom. The summed E-state index contributed by atoms with van der Waals surface area (Å²) < 4.78 is 48.3. The summed E-state index contributed by atoms with van der Waals surface area (Å²) >= 11 is 7.39. The lowest BCUT2D eigenvalue weighted by Gasteiger charge is -2.13. The third-order valence-electron chi connectivity index (χ3n) is 6.33. The lowest BCUT2D eigenvalue weighted by molar-refractivity contribution is -0.142. The van der Waals surface area contributed by atoms with Crippen LogP contribution in [-0.4, -0.2) is 33.6 Å². The lowest BCUT2D eigenvalue weighted by atomic mass is 10.0. The van der Waals surface area contributed by atoms with E-state index in [9.17, 15) is 22.8 Å². The largest absolute Gasteiger partial charge is 0.465 e. The van der Waals surface area contributed by atoms with E-state index >= 15 is 0 Å². The number of benzene rings is 3. The molecule has 0 aliphatic rings. The van der Waals surface area contributed by atoms with Gasteiger partial charge in [0.25, 0.3) is 5.91 Å². The standard InChI is InChI=1S/C28H16ClF3N4O3S/c1-39-27(38)24-23(29)18-10-9-15(11-21(18)40-24)34-26(37)19-13-33-36-22(28(30,31)32)12-20(35-25(19)36)17-8-4-6-14-5-2-3-7-16(14)17/h2-13H,1H3,(H,34,37). The summed E-state index contributed by atoms with van der Waals surface area (Å²) in [6.45, 7) is 0. The van der Waals surface area contributed by atoms with Gasteiger partial charge >= 0.3 is 12.1 Å². The Hall–Kier alpha value is -4.48. The molecule has 6 aromatic rings. The zero-order chi connectivity index (χ0) is 28.2. The first-order valence-corrected chi connectivity index (χ1v) is 12.9. The molecule has 40 heavy (non-hydrogen) atoms. The molecule has 6 rings (SSSR count). The number of fused-ring (bicyclic) bond motifs is 3. The van der Waals surface area contributed by atoms with Gasteiger partial charge in [-0.3, -0.25) is 4.79 Å². The van der Waals surface area contributed by atoms with Crippen LogP contribution in [0.1, 0.15) is 25.7 Å². The third kappa shape index (κ3) is 4.33. The van der Waals surface area contributed by atoms with Crippen LogP contribution in [0.4, 0.5) is 18.9 Å². The molecule has 1 N–H and O–H groups in total. The van der Waals surface area contributed by atoms with Gasteiger partial charge in [0.2, 0.25) is 0 Å². The molecule has 0 atom stereocenters. The van der Waals surface area contributed by atoms with Gasteiger partial charge < -0.3 is 10.1 Å². The van der Waals surface area contributed by atoms with Crippen molar-refractivity contribution in [1.29, 1.82) is 0 Å². The summed E-state index contributed by atoms with van der Waals surface area (Å²) in [5.74, 6) is -1.29. The van der Waals surface area contributed by atoms with Crippen molar-refractivity contribution < 1.29 is 27.5 Å². The number of hydrogen-bond donors (Lipinski definition) is 1. The Kier molecular flexibility index (Phi) is 6.20. The number of carbonyl (C=O) groups is 2. The number of carbonyl (C=O) groups excluding carboxylic acids is 2. The zero-order valence-electron chi connectivity index (χ0n) is 20.4. The molecule has 3 heterocycles. The summed E-state index contributed by atoms with van der Waals surface area (Å²) in [5.41, 5.74) is -0.580. The summed E-state index contributed by atoms with van der Waals surface area (Å²) in [4.78, 5) is 30.0. The molecule has 1 amide bonds. The predicted molar refractivity (Wildman–Crippen MR) is 147 cm³/mol. The minimum atomic E-state index is -4.76. The van der Waals surface area contributed by atoms with E-state index in [1.54, 1.807) is 42.5 Å². The van der Waals surface area contributed by atoms with Crippen molar-refractivity contribution in [2.24, 2.45) is 0 Å². The predicted octanol–water partition coefficient (Wildman–Crippen LogP) is 7.48. The van der Waals surface area contributed by atoms with Crippen molar-refractivity contribution in [2.45, 2.75) is 6.18 Å². The van der Waals surface area contributed by atoms with Crippen LogP contribution in [0.25, 0.3) is 37.8 Å². The van der Waals surface area contributed by atoms with E-state index in [1.807, 2.05) is 18.2 Å². The molecule has 3 aromatic heterocycles. The van der Waals surface area contributed by atoms with E-state index in [2.05, 4.69) is 15.4 Å². The van der Waals surface area contributed by atoms with Gasteiger partial charge in [0.15, 0.2) is 11.3 Å². The second-order valence-corrected chi connectivity index (χ2v) is 10.2. The van der Waals surface area contributed by atoms with Gasteiger partial charge in [0, 0.05) is 21.3 Å². The van der Waals surface area contributed by atoms with Crippen LogP contribution >= 0.6 is 22.9 Å². The van der Waals surface area contributed by atoms with Crippen molar-refractivity contribution in [1.82, 2.24) is 14.6 Å². The number of nitrogens with one attached hydrogen (secondary N) is 1. The molecule has 12 heteroatoms. The van der Waals surface area contributed by atoms with Crippen molar-refractivity contribution in [3.63, 3.8) is 0 Å². The quantitative estimate of drug-likeness (QED) is 0.219. The molecule has 0 unspecified atom stereocenters. The van der Waals surface area contributed by atoms with Crippen LogP contribution in [0, 0.1) is 0 Å². The Balaban J connectivity index is 1.44. The van der Waals surface area contributed by atoms with Gasteiger partial charge in [-0.15, -0.1) is 11.3 Å².